The first kappa shape index (κ1) is 11.6. The molecule has 88 valence electrons. The fourth-order valence-electron chi connectivity index (χ4n) is 1.67. The second-order valence-corrected chi connectivity index (χ2v) is 5.27. The van der Waals surface area contributed by atoms with E-state index in [1.165, 1.54) is 0 Å². The van der Waals surface area contributed by atoms with Crippen LogP contribution in [-0.2, 0) is 17.3 Å². The first-order valence-corrected chi connectivity index (χ1v) is 6.80. The zero-order chi connectivity index (χ0) is 12.4. The molecule has 6 heteroatoms. The van der Waals surface area contributed by atoms with Crippen molar-refractivity contribution in [2.24, 2.45) is 0 Å². The Morgan fingerprint density at radius 1 is 1.59 bits per heavy atom. The van der Waals surface area contributed by atoms with E-state index in [0.717, 1.165) is 11.0 Å². The maximum atomic E-state index is 11.1. The summed E-state index contributed by atoms with van der Waals surface area (Å²) in [6.45, 7) is 0.542. The largest absolute Gasteiger partial charge is 0.369 e. The lowest BCUT2D eigenvalue weighted by atomic mass is 10.2. The number of hydrogen-bond acceptors (Lipinski definition) is 4. The minimum absolute atomic E-state index is 0.389. The van der Waals surface area contributed by atoms with Crippen LogP contribution < -0.4 is 5.73 Å². The Kier molecular flexibility index (Phi) is 3.11. The Hall–Kier alpha value is -1.87. The number of anilines is 1. The maximum Gasteiger partial charge on any atom is 0.201 e. The molecular weight excluding hydrogens is 236 g/mol. The second kappa shape index (κ2) is 4.55. The van der Waals surface area contributed by atoms with Crippen LogP contribution in [0.25, 0.3) is 11.0 Å². The molecule has 1 atom stereocenters. The van der Waals surface area contributed by atoms with Crippen molar-refractivity contribution >= 4 is 27.8 Å². The van der Waals surface area contributed by atoms with E-state index in [2.05, 4.69) is 11.1 Å². The molecule has 0 aliphatic rings. The summed E-state index contributed by atoms with van der Waals surface area (Å²) in [5.74, 6) is 0.910. The van der Waals surface area contributed by atoms with Crippen LogP contribution in [0, 0.1) is 11.3 Å². The Morgan fingerprint density at radius 2 is 2.35 bits per heavy atom. The fourth-order valence-corrected chi connectivity index (χ4v) is 2.11. The number of fused-ring (bicyclic) bond motifs is 1. The summed E-state index contributed by atoms with van der Waals surface area (Å²) >= 11 is 0. The highest BCUT2D eigenvalue weighted by Gasteiger charge is 2.09. The molecule has 2 aromatic rings. The van der Waals surface area contributed by atoms with E-state index in [-0.39, 0.29) is 0 Å². The Morgan fingerprint density at radius 3 is 3.00 bits per heavy atom. The van der Waals surface area contributed by atoms with Gasteiger partial charge >= 0.3 is 0 Å². The highest BCUT2D eigenvalue weighted by atomic mass is 32.2. The van der Waals surface area contributed by atoms with Crippen LogP contribution >= 0.6 is 0 Å². The van der Waals surface area contributed by atoms with Crippen molar-refractivity contribution in [3.05, 3.63) is 23.8 Å². The van der Waals surface area contributed by atoms with Gasteiger partial charge in [0.15, 0.2) is 0 Å². The van der Waals surface area contributed by atoms with E-state index < -0.39 is 10.8 Å². The molecule has 0 amide bonds. The molecule has 1 heterocycles. The molecule has 0 saturated carbocycles. The monoisotopic (exact) mass is 248 g/mol. The zero-order valence-corrected chi connectivity index (χ0v) is 10.2. The fraction of sp³-hybridized carbons (Fsp3) is 0.273. The molecule has 1 aromatic carbocycles. The van der Waals surface area contributed by atoms with Gasteiger partial charge in [-0.1, -0.05) is 0 Å². The normalized spacial score (nSPS) is 12.5. The molecule has 0 bridgehead atoms. The van der Waals surface area contributed by atoms with Gasteiger partial charge in [-0.15, -0.1) is 0 Å². The molecule has 5 nitrogen and oxygen atoms in total. The summed E-state index contributed by atoms with van der Waals surface area (Å²) in [4.78, 5) is 4.20. The summed E-state index contributed by atoms with van der Waals surface area (Å²) < 4.78 is 12.9. The average Bonchev–Trinajstić information content (AvgIpc) is 2.61. The van der Waals surface area contributed by atoms with Gasteiger partial charge in [0.05, 0.1) is 22.7 Å². The first-order chi connectivity index (χ1) is 8.11. The summed E-state index contributed by atoms with van der Waals surface area (Å²) in [5, 5.41) is 8.85. The van der Waals surface area contributed by atoms with E-state index in [1.807, 2.05) is 0 Å². The van der Waals surface area contributed by atoms with E-state index in [1.54, 1.807) is 29.0 Å². The van der Waals surface area contributed by atoms with Gasteiger partial charge < -0.3 is 10.3 Å². The summed E-state index contributed by atoms with van der Waals surface area (Å²) in [6.07, 6.45) is 1.65. The Balaban J connectivity index is 2.49. The Labute approximate surface area is 101 Å². The smallest absolute Gasteiger partial charge is 0.201 e. The molecule has 0 radical (unpaired) electrons. The topological polar surface area (TPSA) is 84.7 Å². The van der Waals surface area contributed by atoms with Crippen LogP contribution in [0.3, 0.4) is 0 Å². The predicted octanol–water partition coefficient (Wildman–Crippen LogP) is 0.869. The summed E-state index contributed by atoms with van der Waals surface area (Å²) in [5.41, 5.74) is 7.93. The number of aryl methyl sites for hydroxylation is 1. The second-order valence-electron chi connectivity index (χ2n) is 3.71. The molecule has 1 unspecified atom stereocenters. The highest BCUT2D eigenvalue weighted by Crippen LogP contribution is 2.19. The van der Waals surface area contributed by atoms with Crippen molar-refractivity contribution in [1.82, 2.24) is 9.55 Å². The van der Waals surface area contributed by atoms with Gasteiger partial charge in [-0.25, -0.2) is 4.98 Å². The van der Waals surface area contributed by atoms with Crippen LogP contribution in [0.5, 0.6) is 0 Å². The molecule has 2 N–H and O–H groups in total. The van der Waals surface area contributed by atoms with E-state index in [0.29, 0.717) is 23.8 Å². The van der Waals surface area contributed by atoms with Crippen molar-refractivity contribution in [3.8, 4) is 6.07 Å². The van der Waals surface area contributed by atoms with Gasteiger partial charge in [-0.05, 0) is 18.2 Å². The molecule has 0 aliphatic carbocycles. The van der Waals surface area contributed by atoms with Crippen LogP contribution in [0.15, 0.2) is 18.2 Å². The number of benzene rings is 1. The lowest BCUT2D eigenvalue weighted by Gasteiger charge is -2.04. The van der Waals surface area contributed by atoms with E-state index in [4.69, 9.17) is 11.0 Å². The molecular formula is C11H12N4OS. The Bertz CT molecular complexity index is 626. The van der Waals surface area contributed by atoms with Crippen molar-refractivity contribution in [1.29, 1.82) is 5.26 Å². The lowest BCUT2D eigenvalue weighted by molar-refractivity contribution is 0.680. The minimum Gasteiger partial charge on any atom is -0.369 e. The minimum atomic E-state index is -0.878. The number of nitrogens with zero attached hydrogens (tertiary/aromatic N) is 3. The van der Waals surface area contributed by atoms with Crippen molar-refractivity contribution in [3.63, 3.8) is 0 Å². The standard InChI is InChI=1S/C11H12N4OS/c1-17(16)5-4-15-10-6-8(7-12)2-3-9(10)14-11(15)13/h2-3,6H,4-5H2,1H3,(H2,13,14). The zero-order valence-electron chi connectivity index (χ0n) is 9.38. The van der Waals surface area contributed by atoms with E-state index >= 15 is 0 Å². The first-order valence-electron chi connectivity index (χ1n) is 5.07. The molecule has 17 heavy (non-hydrogen) atoms. The van der Waals surface area contributed by atoms with Crippen molar-refractivity contribution in [2.75, 3.05) is 17.7 Å². The van der Waals surface area contributed by atoms with Gasteiger partial charge in [0, 0.05) is 29.4 Å². The van der Waals surface area contributed by atoms with E-state index in [9.17, 15) is 4.21 Å². The molecule has 0 spiro atoms. The van der Waals surface area contributed by atoms with Crippen LogP contribution in [0.2, 0.25) is 0 Å². The number of nitriles is 1. The van der Waals surface area contributed by atoms with Gasteiger partial charge in [0.25, 0.3) is 0 Å². The number of nitrogens with two attached hydrogens (primary N) is 1. The van der Waals surface area contributed by atoms with Crippen molar-refractivity contribution in [2.45, 2.75) is 6.54 Å². The number of hydrogen-bond donors (Lipinski definition) is 1. The van der Waals surface area contributed by atoms with Gasteiger partial charge in [0.1, 0.15) is 0 Å². The number of imidazole rings is 1. The number of aromatic nitrogens is 2. The van der Waals surface area contributed by atoms with Crippen molar-refractivity contribution < 1.29 is 4.21 Å². The van der Waals surface area contributed by atoms with Gasteiger partial charge in [-0.3, -0.25) is 4.21 Å². The van der Waals surface area contributed by atoms with Crippen LogP contribution in [0.1, 0.15) is 5.56 Å². The van der Waals surface area contributed by atoms with Crippen LogP contribution in [-0.4, -0.2) is 25.8 Å². The lowest BCUT2D eigenvalue weighted by Crippen LogP contribution is -2.09. The molecule has 0 fully saturated rings. The maximum absolute atomic E-state index is 11.1. The van der Waals surface area contributed by atoms with Gasteiger partial charge in [0.2, 0.25) is 5.95 Å². The third kappa shape index (κ3) is 2.29. The third-order valence-electron chi connectivity index (χ3n) is 2.51. The quantitative estimate of drug-likeness (QED) is 0.873. The highest BCUT2D eigenvalue weighted by molar-refractivity contribution is 7.84. The van der Waals surface area contributed by atoms with Gasteiger partial charge in [-0.2, -0.15) is 5.26 Å². The van der Waals surface area contributed by atoms with Crippen LogP contribution in [0.4, 0.5) is 5.95 Å². The summed E-state index contributed by atoms with van der Waals surface area (Å²) in [6, 6.07) is 7.30. The number of rotatable bonds is 3. The molecule has 0 saturated heterocycles. The molecule has 1 aromatic heterocycles. The molecule has 0 aliphatic heterocycles. The molecule has 2 rings (SSSR count). The number of nitrogen functional groups attached to an aromatic ring is 1. The predicted molar refractivity (Wildman–Crippen MR) is 67.8 cm³/mol. The summed E-state index contributed by atoms with van der Waals surface area (Å²) in [7, 11) is -0.878. The SMILES string of the molecule is CS(=O)CCn1c(N)nc2ccc(C#N)cc21. The third-order valence-corrected chi connectivity index (χ3v) is 3.27. The average molecular weight is 248 g/mol.